The Morgan fingerprint density at radius 1 is 1.23 bits per heavy atom. The Hall–Kier alpha value is -2.83. The first-order chi connectivity index (χ1) is 12.7. The normalized spacial score (nSPS) is 14.5. The van der Waals surface area contributed by atoms with Gasteiger partial charge >= 0.3 is 0 Å². The van der Waals surface area contributed by atoms with E-state index in [4.69, 9.17) is 4.42 Å². The van der Waals surface area contributed by atoms with Gasteiger partial charge in [-0.1, -0.05) is 17.7 Å². The lowest BCUT2D eigenvalue weighted by molar-refractivity contribution is -0.128. The van der Waals surface area contributed by atoms with Crippen LogP contribution in [-0.2, 0) is 11.3 Å². The number of hydrogen-bond acceptors (Lipinski definition) is 4. The lowest BCUT2D eigenvalue weighted by Gasteiger charge is -2.16. The number of carbonyl (C=O) groups is 1. The average Bonchev–Trinajstić information content (AvgIpc) is 3.34. The predicted molar refractivity (Wildman–Crippen MR) is 101 cm³/mol. The highest BCUT2D eigenvalue weighted by Crippen LogP contribution is 2.18. The molecule has 2 N–H and O–H groups in total. The van der Waals surface area contributed by atoms with Gasteiger partial charge in [0.25, 0.3) is 0 Å². The summed E-state index contributed by atoms with van der Waals surface area (Å²) in [5.74, 6) is 1.26. The Morgan fingerprint density at radius 3 is 2.65 bits per heavy atom. The van der Waals surface area contributed by atoms with E-state index in [2.05, 4.69) is 20.6 Å². The second-order valence-electron chi connectivity index (χ2n) is 6.38. The highest BCUT2D eigenvalue weighted by Gasteiger charge is 2.17. The summed E-state index contributed by atoms with van der Waals surface area (Å²) in [4.78, 5) is 22.6. The summed E-state index contributed by atoms with van der Waals surface area (Å²) in [6.07, 6.45) is 3.81. The molecule has 1 amide bonds. The molecule has 1 aromatic carbocycles. The fraction of sp³-hybridized carbons (Fsp3) is 0.421. The van der Waals surface area contributed by atoms with Crippen LogP contribution in [0.3, 0.4) is 0 Å². The van der Waals surface area contributed by atoms with E-state index in [0.717, 1.165) is 37.2 Å². The maximum Gasteiger partial charge on any atom is 0.241 e. The van der Waals surface area contributed by atoms with Gasteiger partial charge in [0, 0.05) is 25.7 Å². The summed E-state index contributed by atoms with van der Waals surface area (Å²) >= 11 is 0. The number of aromatic nitrogens is 1. The van der Waals surface area contributed by atoms with Crippen molar-refractivity contribution in [3.05, 3.63) is 41.8 Å². The van der Waals surface area contributed by atoms with Gasteiger partial charge in [0.2, 0.25) is 11.8 Å². The first-order valence-electron chi connectivity index (χ1n) is 8.89. The van der Waals surface area contributed by atoms with Crippen LogP contribution in [0.15, 0.2) is 39.9 Å². The van der Waals surface area contributed by atoms with Crippen LogP contribution in [0.5, 0.6) is 0 Å². The van der Waals surface area contributed by atoms with E-state index in [1.54, 1.807) is 13.3 Å². The van der Waals surface area contributed by atoms with Crippen LogP contribution in [-0.4, -0.2) is 48.4 Å². The third-order valence-electron chi connectivity index (χ3n) is 4.38. The molecule has 0 unspecified atom stereocenters. The molecule has 0 bridgehead atoms. The minimum Gasteiger partial charge on any atom is -0.444 e. The molecule has 1 aromatic heterocycles. The number of aryl methyl sites for hydroxylation is 1. The molecular formula is C19H25N5O2. The topological polar surface area (TPSA) is 82.8 Å². The van der Waals surface area contributed by atoms with Crippen molar-refractivity contribution in [1.29, 1.82) is 0 Å². The van der Waals surface area contributed by atoms with Gasteiger partial charge in [-0.3, -0.25) is 9.79 Å². The van der Waals surface area contributed by atoms with Crippen LogP contribution in [0.25, 0.3) is 11.5 Å². The van der Waals surface area contributed by atoms with Crippen LogP contribution >= 0.6 is 0 Å². The maximum absolute atomic E-state index is 12.1. The Kier molecular flexibility index (Phi) is 5.88. The number of guanidine groups is 1. The summed E-state index contributed by atoms with van der Waals surface area (Å²) in [7, 11) is 1.68. The molecule has 2 aromatic rings. The number of carbonyl (C=O) groups excluding carboxylic acids is 1. The van der Waals surface area contributed by atoms with E-state index >= 15 is 0 Å². The number of amides is 1. The largest absolute Gasteiger partial charge is 0.444 e. The number of oxazole rings is 1. The summed E-state index contributed by atoms with van der Waals surface area (Å²) in [5.41, 5.74) is 2.91. The molecule has 1 fully saturated rings. The molecule has 1 aliphatic heterocycles. The van der Waals surface area contributed by atoms with Gasteiger partial charge in [-0.25, -0.2) is 4.98 Å². The second-order valence-corrected chi connectivity index (χ2v) is 6.38. The first kappa shape index (κ1) is 18.0. The fourth-order valence-corrected chi connectivity index (χ4v) is 2.85. The van der Waals surface area contributed by atoms with Crippen LogP contribution in [0.1, 0.15) is 24.1 Å². The van der Waals surface area contributed by atoms with E-state index in [9.17, 15) is 4.79 Å². The molecule has 0 aliphatic carbocycles. The van der Waals surface area contributed by atoms with E-state index in [-0.39, 0.29) is 12.5 Å². The van der Waals surface area contributed by atoms with Gasteiger partial charge < -0.3 is 20.0 Å². The SMILES string of the molecule is CN=C(NCC(=O)N1CCCC1)NCc1coc(-c2ccc(C)cc2)n1. The van der Waals surface area contributed by atoms with Crippen LogP contribution < -0.4 is 10.6 Å². The minimum absolute atomic E-state index is 0.105. The Bertz CT molecular complexity index is 760. The Morgan fingerprint density at radius 2 is 1.96 bits per heavy atom. The number of likely N-dealkylation sites (tertiary alicyclic amines) is 1. The predicted octanol–water partition coefficient (Wildman–Crippen LogP) is 1.94. The number of rotatable bonds is 5. The molecule has 0 atom stereocenters. The number of hydrogen-bond donors (Lipinski definition) is 2. The van der Waals surface area contributed by atoms with Gasteiger partial charge in [0.1, 0.15) is 6.26 Å². The second kappa shape index (κ2) is 8.51. The third-order valence-corrected chi connectivity index (χ3v) is 4.38. The van der Waals surface area contributed by atoms with Gasteiger partial charge in [-0.05, 0) is 31.9 Å². The number of nitrogens with zero attached hydrogens (tertiary/aromatic N) is 3. The number of aliphatic imine (C=N–C) groups is 1. The van der Waals surface area contributed by atoms with Crippen molar-refractivity contribution in [1.82, 2.24) is 20.5 Å². The zero-order valence-corrected chi connectivity index (χ0v) is 15.3. The molecule has 1 saturated heterocycles. The van der Waals surface area contributed by atoms with E-state index in [1.807, 2.05) is 36.1 Å². The molecule has 0 spiro atoms. The number of nitrogens with one attached hydrogen (secondary N) is 2. The van der Waals surface area contributed by atoms with Crippen molar-refractivity contribution < 1.29 is 9.21 Å². The fourth-order valence-electron chi connectivity index (χ4n) is 2.85. The van der Waals surface area contributed by atoms with Crippen LogP contribution in [0.4, 0.5) is 0 Å². The lowest BCUT2D eigenvalue weighted by Crippen LogP contribution is -2.43. The van der Waals surface area contributed by atoms with Crippen molar-refractivity contribution >= 4 is 11.9 Å². The van der Waals surface area contributed by atoms with Gasteiger partial charge in [-0.15, -0.1) is 0 Å². The van der Waals surface area contributed by atoms with Crippen molar-refractivity contribution in [3.8, 4) is 11.5 Å². The van der Waals surface area contributed by atoms with Crippen molar-refractivity contribution in [2.45, 2.75) is 26.3 Å². The third kappa shape index (κ3) is 4.62. The van der Waals surface area contributed by atoms with E-state index in [1.165, 1.54) is 5.56 Å². The van der Waals surface area contributed by atoms with Crippen molar-refractivity contribution in [3.63, 3.8) is 0 Å². The van der Waals surface area contributed by atoms with Gasteiger partial charge in [-0.2, -0.15) is 0 Å². The van der Waals surface area contributed by atoms with Gasteiger partial charge in [0.15, 0.2) is 5.96 Å². The minimum atomic E-state index is 0.105. The maximum atomic E-state index is 12.1. The molecule has 138 valence electrons. The summed E-state index contributed by atoms with van der Waals surface area (Å²) in [6, 6.07) is 8.03. The Labute approximate surface area is 153 Å². The molecule has 7 heteroatoms. The van der Waals surface area contributed by atoms with Crippen LogP contribution in [0.2, 0.25) is 0 Å². The van der Waals surface area contributed by atoms with Crippen molar-refractivity contribution in [2.24, 2.45) is 4.99 Å². The highest BCUT2D eigenvalue weighted by molar-refractivity contribution is 5.86. The smallest absolute Gasteiger partial charge is 0.241 e. The molecule has 2 heterocycles. The standard InChI is InChI=1S/C19H25N5O2/c1-14-5-7-15(8-6-14)18-23-16(13-26-18)11-21-19(20-2)22-12-17(25)24-9-3-4-10-24/h5-8,13H,3-4,9-12H2,1-2H3,(H2,20,21,22). The monoisotopic (exact) mass is 355 g/mol. The van der Waals surface area contributed by atoms with Crippen molar-refractivity contribution in [2.75, 3.05) is 26.7 Å². The average molecular weight is 355 g/mol. The molecular weight excluding hydrogens is 330 g/mol. The Balaban J connectivity index is 1.49. The van der Waals surface area contributed by atoms with Gasteiger partial charge in [0.05, 0.1) is 18.8 Å². The summed E-state index contributed by atoms with van der Waals surface area (Å²) in [6.45, 7) is 4.46. The summed E-state index contributed by atoms with van der Waals surface area (Å²) < 4.78 is 5.55. The highest BCUT2D eigenvalue weighted by atomic mass is 16.3. The molecule has 1 aliphatic rings. The summed E-state index contributed by atoms with van der Waals surface area (Å²) in [5, 5.41) is 6.20. The first-order valence-corrected chi connectivity index (χ1v) is 8.89. The van der Waals surface area contributed by atoms with E-state index < -0.39 is 0 Å². The zero-order valence-electron chi connectivity index (χ0n) is 15.3. The molecule has 0 saturated carbocycles. The van der Waals surface area contributed by atoms with E-state index in [0.29, 0.717) is 18.4 Å². The quantitative estimate of drug-likeness (QED) is 0.633. The molecule has 7 nitrogen and oxygen atoms in total. The molecule has 0 radical (unpaired) electrons. The van der Waals surface area contributed by atoms with Crippen LogP contribution in [0, 0.1) is 6.92 Å². The zero-order chi connectivity index (χ0) is 18.4. The number of benzene rings is 1. The molecule has 26 heavy (non-hydrogen) atoms. The lowest BCUT2D eigenvalue weighted by atomic mass is 10.1. The molecule has 3 rings (SSSR count).